The first-order valence-corrected chi connectivity index (χ1v) is 8.37. The Kier molecular flexibility index (Phi) is 7.74. The first kappa shape index (κ1) is 20.0. The van der Waals surface area contributed by atoms with Crippen molar-refractivity contribution in [3.8, 4) is 0 Å². The third-order valence-electron chi connectivity index (χ3n) is 3.35. The molecular weight excluding hydrogens is 310 g/mol. The molecule has 0 saturated heterocycles. The Hall–Kier alpha value is -2.05. The molecule has 0 aliphatic heterocycles. The van der Waals surface area contributed by atoms with Crippen LogP contribution in [0.4, 0.5) is 4.79 Å². The van der Waals surface area contributed by atoms with Gasteiger partial charge in [0.15, 0.2) is 0 Å². The molecule has 0 heterocycles. The maximum atomic E-state index is 11.6. The average molecular weight is 339 g/mol. The van der Waals surface area contributed by atoms with E-state index in [9.17, 15) is 14.4 Å². The van der Waals surface area contributed by atoms with Crippen molar-refractivity contribution in [1.82, 2.24) is 16.0 Å². The largest absolute Gasteiger partial charge is 0.444 e. The van der Waals surface area contributed by atoms with Crippen molar-refractivity contribution in [2.45, 2.75) is 52.6 Å². The van der Waals surface area contributed by atoms with Crippen molar-refractivity contribution in [2.24, 2.45) is 5.92 Å². The number of carbonyl (C=O) groups excluding carboxylic acids is 3. The van der Waals surface area contributed by atoms with Crippen LogP contribution in [0.25, 0.3) is 0 Å². The Morgan fingerprint density at radius 2 is 1.71 bits per heavy atom. The molecule has 1 saturated carbocycles. The fourth-order valence-electron chi connectivity index (χ4n) is 1.97. The van der Waals surface area contributed by atoms with Crippen LogP contribution in [-0.2, 0) is 14.3 Å². The molecule has 136 valence electrons. The lowest BCUT2D eigenvalue weighted by Crippen LogP contribution is -2.40. The van der Waals surface area contributed by atoms with Crippen LogP contribution in [0.3, 0.4) is 0 Å². The second-order valence-electron chi connectivity index (χ2n) is 7.01. The number of carbonyl (C=O) groups is 3. The predicted molar refractivity (Wildman–Crippen MR) is 91.4 cm³/mol. The Labute approximate surface area is 143 Å². The van der Waals surface area contributed by atoms with Crippen molar-refractivity contribution in [3.05, 3.63) is 11.6 Å². The zero-order valence-corrected chi connectivity index (χ0v) is 15.0. The van der Waals surface area contributed by atoms with Crippen LogP contribution in [-0.4, -0.2) is 43.1 Å². The van der Waals surface area contributed by atoms with Gasteiger partial charge in [0.1, 0.15) is 5.60 Å². The standard InChI is InChI=1S/C17H29N3O4/c1-12(13-6-7-13)10-14(21)18-8-5-9-19-15(22)11-20-16(23)24-17(2,3)4/h10,13H,5-9,11H2,1-4H3,(H,18,21)(H,19,22)(H,20,23)/b12-10+. The monoisotopic (exact) mass is 339 g/mol. The van der Waals surface area contributed by atoms with E-state index in [4.69, 9.17) is 4.74 Å². The Morgan fingerprint density at radius 1 is 1.08 bits per heavy atom. The molecule has 0 bridgehead atoms. The minimum atomic E-state index is -0.622. The van der Waals surface area contributed by atoms with E-state index in [1.54, 1.807) is 26.8 Å². The van der Waals surface area contributed by atoms with Crippen LogP contribution < -0.4 is 16.0 Å². The summed E-state index contributed by atoms with van der Waals surface area (Å²) < 4.78 is 5.03. The highest BCUT2D eigenvalue weighted by atomic mass is 16.6. The molecule has 24 heavy (non-hydrogen) atoms. The zero-order valence-electron chi connectivity index (χ0n) is 15.0. The molecule has 0 unspecified atom stereocenters. The summed E-state index contributed by atoms with van der Waals surface area (Å²) in [5, 5.41) is 7.84. The maximum absolute atomic E-state index is 11.6. The van der Waals surface area contributed by atoms with Crippen molar-refractivity contribution >= 4 is 17.9 Å². The van der Waals surface area contributed by atoms with Crippen LogP contribution in [0, 0.1) is 5.92 Å². The SMILES string of the molecule is C/C(=C\C(=O)NCCCNC(=O)CNC(=O)OC(C)(C)C)C1CC1. The van der Waals surface area contributed by atoms with Crippen LogP contribution >= 0.6 is 0 Å². The third-order valence-corrected chi connectivity index (χ3v) is 3.35. The molecule has 0 aromatic carbocycles. The number of hydrogen-bond acceptors (Lipinski definition) is 4. The molecule has 7 nitrogen and oxygen atoms in total. The highest BCUT2D eigenvalue weighted by Crippen LogP contribution is 2.35. The summed E-state index contributed by atoms with van der Waals surface area (Å²) in [5.41, 5.74) is 0.541. The molecule has 3 N–H and O–H groups in total. The lowest BCUT2D eigenvalue weighted by Gasteiger charge is -2.19. The molecule has 0 aromatic heterocycles. The van der Waals surface area contributed by atoms with Crippen molar-refractivity contribution in [2.75, 3.05) is 19.6 Å². The van der Waals surface area contributed by atoms with Gasteiger partial charge >= 0.3 is 6.09 Å². The van der Waals surface area contributed by atoms with Crippen LogP contribution in [0.2, 0.25) is 0 Å². The summed E-state index contributed by atoms with van der Waals surface area (Å²) in [4.78, 5) is 34.6. The zero-order chi connectivity index (χ0) is 18.2. The van der Waals surface area contributed by atoms with Crippen LogP contribution in [0.1, 0.15) is 47.0 Å². The minimum absolute atomic E-state index is 0.0858. The highest BCUT2D eigenvalue weighted by Gasteiger charge is 2.23. The van der Waals surface area contributed by atoms with Crippen LogP contribution in [0.5, 0.6) is 0 Å². The van der Waals surface area contributed by atoms with Gasteiger partial charge in [0.05, 0.1) is 6.54 Å². The summed E-state index contributed by atoms with van der Waals surface area (Å²) in [7, 11) is 0. The van der Waals surface area contributed by atoms with Gasteiger partial charge in [-0.2, -0.15) is 0 Å². The summed E-state index contributed by atoms with van der Waals surface area (Å²) in [6.07, 6.45) is 4.02. The van der Waals surface area contributed by atoms with Gasteiger partial charge in [-0.1, -0.05) is 5.57 Å². The Bertz CT molecular complexity index is 491. The summed E-state index contributed by atoms with van der Waals surface area (Å²) in [6, 6.07) is 0. The molecule has 0 aromatic rings. The molecule has 3 amide bonds. The van der Waals surface area contributed by atoms with Gasteiger partial charge in [-0.05, 0) is 52.9 Å². The van der Waals surface area contributed by atoms with Crippen molar-refractivity contribution < 1.29 is 19.1 Å². The van der Waals surface area contributed by atoms with Gasteiger partial charge in [0.2, 0.25) is 11.8 Å². The van der Waals surface area contributed by atoms with E-state index in [1.165, 1.54) is 12.8 Å². The normalized spacial score (nSPS) is 14.8. The number of rotatable bonds is 8. The van der Waals surface area contributed by atoms with Gasteiger partial charge in [0, 0.05) is 19.2 Å². The average Bonchev–Trinajstić information content (AvgIpc) is 3.27. The van der Waals surface area contributed by atoms with Crippen molar-refractivity contribution in [3.63, 3.8) is 0 Å². The number of hydrogen-bond donors (Lipinski definition) is 3. The van der Waals surface area contributed by atoms with Gasteiger partial charge in [-0.3, -0.25) is 9.59 Å². The van der Waals surface area contributed by atoms with Gasteiger partial charge < -0.3 is 20.7 Å². The molecule has 7 heteroatoms. The molecule has 0 radical (unpaired) electrons. The topological polar surface area (TPSA) is 96.5 Å². The summed E-state index contributed by atoms with van der Waals surface area (Å²) >= 11 is 0. The minimum Gasteiger partial charge on any atom is -0.444 e. The molecule has 0 spiro atoms. The number of alkyl carbamates (subject to hydrolysis) is 1. The van der Waals surface area contributed by atoms with Crippen molar-refractivity contribution in [1.29, 1.82) is 0 Å². The van der Waals surface area contributed by atoms with Crippen LogP contribution in [0.15, 0.2) is 11.6 Å². The fraction of sp³-hybridized carbons (Fsp3) is 0.706. The van der Waals surface area contributed by atoms with E-state index >= 15 is 0 Å². The molecule has 0 atom stereocenters. The number of allylic oxidation sites excluding steroid dienone is 1. The molecular formula is C17H29N3O4. The predicted octanol–water partition coefficient (Wildman–Crippen LogP) is 1.49. The molecule has 1 aliphatic carbocycles. The number of nitrogens with one attached hydrogen (secondary N) is 3. The maximum Gasteiger partial charge on any atom is 0.408 e. The van der Waals surface area contributed by atoms with E-state index in [2.05, 4.69) is 16.0 Å². The van der Waals surface area contributed by atoms with Gasteiger partial charge in [0.25, 0.3) is 0 Å². The van der Waals surface area contributed by atoms with Gasteiger partial charge in [-0.15, -0.1) is 0 Å². The lowest BCUT2D eigenvalue weighted by atomic mass is 10.2. The fourth-order valence-corrected chi connectivity index (χ4v) is 1.97. The van der Waals surface area contributed by atoms with E-state index in [-0.39, 0.29) is 18.4 Å². The molecule has 1 aliphatic rings. The van der Waals surface area contributed by atoms with E-state index < -0.39 is 11.7 Å². The second-order valence-corrected chi connectivity index (χ2v) is 7.01. The second kappa shape index (κ2) is 9.30. The Balaban J connectivity index is 2.04. The third kappa shape index (κ3) is 9.86. The van der Waals surface area contributed by atoms with Gasteiger partial charge in [-0.25, -0.2) is 4.79 Å². The first-order chi connectivity index (χ1) is 11.2. The highest BCUT2D eigenvalue weighted by molar-refractivity contribution is 5.88. The first-order valence-electron chi connectivity index (χ1n) is 8.37. The quantitative estimate of drug-likeness (QED) is 0.461. The Morgan fingerprint density at radius 3 is 2.29 bits per heavy atom. The molecule has 1 fully saturated rings. The lowest BCUT2D eigenvalue weighted by molar-refractivity contribution is -0.120. The van der Waals surface area contributed by atoms with E-state index in [0.717, 1.165) is 5.57 Å². The summed E-state index contributed by atoms with van der Waals surface area (Å²) in [6.45, 7) is 8.03. The molecule has 1 rings (SSSR count). The number of amides is 3. The van der Waals surface area contributed by atoms with E-state index in [0.29, 0.717) is 25.4 Å². The summed E-state index contributed by atoms with van der Waals surface area (Å²) in [5.74, 6) is 0.210. The number of ether oxygens (including phenoxy) is 1. The smallest absolute Gasteiger partial charge is 0.408 e. The van der Waals surface area contributed by atoms with E-state index in [1.807, 2.05) is 6.92 Å².